The summed E-state index contributed by atoms with van der Waals surface area (Å²) in [6.45, 7) is 1.92. The second-order valence-electron chi connectivity index (χ2n) is 6.73. The first kappa shape index (κ1) is 19.7. The molecule has 0 fully saturated rings. The van der Waals surface area contributed by atoms with Crippen molar-refractivity contribution < 1.29 is 13.2 Å². The summed E-state index contributed by atoms with van der Waals surface area (Å²) in [5.74, 6) is -0.673. The summed E-state index contributed by atoms with van der Waals surface area (Å²) in [6, 6.07) is 25.5. The number of amides is 1. The van der Waals surface area contributed by atoms with Gasteiger partial charge in [-0.2, -0.15) is 8.42 Å². The van der Waals surface area contributed by atoms with Crippen LogP contribution in [-0.2, 0) is 10.2 Å². The molecule has 1 amide bonds. The van der Waals surface area contributed by atoms with Gasteiger partial charge in [-0.05, 0) is 60.8 Å². The fraction of sp³-hybridized carbons (Fsp3) is 0.0870. The number of rotatable bonds is 6. The third-order valence-corrected chi connectivity index (χ3v) is 6.34. The Morgan fingerprint density at radius 1 is 0.900 bits per heavy atom. The largest absolute Gasteiger partial charge is 0.326 e. The molecule has 1 aromatic heterocycles. The van der Waals surface area contributed by atoms with Crippen LogP contribution < -0.4 is 9.03 Å². The first-order chi connectivity index (χ1) is 14.5. The molecule has 0 aliphatic rings. The number of hydrogen-bond donors (Lipinski definition) is 1. The van der Waals surface area contributed by atoms with Crippen LogP contribution in [0.1, 0.15) is 17.3 Å². The van der Waals surface area contributed by atoms with E-state index in [1.54, 1.807) is 61.5 Å². The highest BCUT2D eigenvalue weighted by molar-refractivity contribution is 7.91. The predicted octanol–water partition coefficient (Wildman–Crippen LogP) is 4.13. The molecule has 0 aliphatic heterocycles. The number of benzene rings is 3. The van der Waals surface area contributed by atoms with Crippen molar-refractivity contribution in [2.75, 3.05) is 10.8 Å². The molecule has 0 atom stereocenters. The van der Waals surface area contributed by atoms with Gasteiger partial charge in [-0.15, -0.1) is 0 Å². The van der Waals surface area contributed by atoms with E-state index in [0.717, 1.165) is 20.9 Å². The van der Waals surface area contributed by atoms with E-state index in [2.05, 4.69) is 4.72 Å². The Morgan fingerprint density at radius 3 is 2.27 bits per heavy atom. The van der Waals surface area contributed by atoms with Crippen LogP contribution in [0.4, 0.5) is 5.69 Å². The van der Waals surface area contributed by atoms with Gasteiger partial charge in [-0.25, -0.2) is 4.72 Å². The van der Waals surface area contributed by atoms with Crippen LogP contribution in [0.25, 0.3) is 16.6 Å². The lowest BCUT2D eigenvalue weighted by atomic mass is 10.2. The first-order valence-corrected chi connectivity index (χ1v) is 11.0. The minimum absolute atomic E-state index is 0.201. The topological polar surface area (TPSA) is 71.4 Å². The number of hydrogen-bond acceptors (Lipinski definition) is 3. The first-order valence-electron chi connectivity index (χ1n) is 9.56. The second kappa shape index (κ2) is 8.04. The summed E-state index contributed by atoms with van der Waals surface area (Å²) in [7, 11) is -4.03. The molecule has 1 N–H and O–H groups in total. The van der Waals surface area contributed by atoms with E-state index in [4.69, 9.17) is 0 Å². The Kier molecular flexibility index (Phi) is 5.29. The number of carbonyl (C=O) groups excluding carboxylic acids is 1. The summed E-state index contributed by atoms with van der Waals surface area (Å²) < 4.78 is 30.8. The van der Waals surface area contributed by atoms with Crippen molar-refractivity contribution in [1.82, 2.24) is 9.29 Å². The van der Waals surface area contributed by atoms with E-state index in [-0.39, 0.29) is 12.1 Å². The molecule has 3 aromatic carbocycles. The number of para-hydroxylation sites is 2. The highest BCUT2D eigenvalue weighted by atomic mass is 32.2. The molecule has 152 valence electrons. The fourth-order valence-corrected chi connectivity index (χ4v) is 4.60. The molecule has 0 aliphatic carbocycles. The zero-order valence-corrected chi connectivity index (χ0v) is 17.2. The number of anilines is 1. The summed E-state index contributed by atoms with van der Waals surface area (Å²) >= 11 is 0. The Bertz CT molecular complexity index is 1280. The van der Waals surface area contributed by atoms with Crippen molar-refractivity contribution in [3.63, 3.8) is 0 Å². The molecule has 4 aromatic rings. The third-order valence-electron chi connectivity index (χ3n) is 4.85. The Hall–Kier alpha value is -3.58. The Balaban J connectivity index is 1.55. The van der Waals surface area contributed by atoms with Gasteiger partial charge in [-0.3, -0.25) is 9.10 Å². The lowest BCUT2D eigenvalue weighted by Gasteiger charge is -2.22. The number of fused-ring (bicyclic) bond motifs is 1. The van der Waals surface area contributed by atoms with Gasteiger partial charge in [0.25, 0.3) is 5.91 Å². The van der Waals surface area contributed by atoms with Gasteiger partial charge < -0.3 is 4.57 Å². The van der Waals surface area contributed by atoms with E-state index < -0.39 is 16.1 Å². The van der Waals surface area contributed by atoms with Crippen molar-refractivity contribution in [2.24, 2.45) is 0 Å². The monoisotopic (exact) mass is 419 g/mol. The van der Waals surface area contributed by atoms with Gasteiger partial charge in [0.05, 0.1) is 11.2 Å². The minimum Gasteiger partial charge on any atom is -0.317 e. The molecule has 4 rings (SSSR count). The Labute approximate surface area is 175 Å². The number of carbonyl (C=O) groups is 1. The van der Waals surface area contributed by atoms with Gasteiger partial charge in [0.15, 0.2) is 0 Å². The SMILES string of the molecule is CCN(c1ccccc1)S(=O)(=O)NC(=O)c1ccc(-n2ccc3ccccc32)cc1. The molecule has 30 heavy (non-hydrogen) atoms. The normalized spacial score (nSPS) is 11.4. The second-order valence-corrected chi connectivity index (χ2v) is 8.32. The van der Waals surface area contributed by atoms with Gasteiger partial charge in [0.1, 0.15) is 0 Å². The predicted molar refractivity (Wildman–Crippen MR) is 119 cm³/mol. The van der Waals surface area contributed by atoms with E-state index in [0.29, 0.717) is 5.69 Å². The van der Waals surface area contributed by atoms with Gasteiger partial charge in [0.2, 0.25) is 0 Å². The van der Waals surface area contributed by atoms with Crippen LogP contribution in [0.2, 0.25) is 0 Å². The maximum absolute atomic E-state index is 12.7. The molecule has 0 spiro atoms. The summed E-state index contributed by atoms with van der Waals surface area (Å²) in [5.41, 5.74) is 2.70. The van der Waals surface area contributed by atoms with Crippen molar-refractivity contribution in [3.05, 3.63) is 96.7 Å². The van der Waals surface area contributed by atoms with Gasteiger partial charge in [0, 0.05) is 24.0 Å². The molecule has 1 heterocycles. The van der Waals surface area contributed by atoms with Crippen molar-refractivity contribution in [3.8, 4) is 5.69 Å². The maximum Gasteiger partial charge on any atom is 0.326 e. The average Bonchev–Trinajstić information content (AvgIpc) is 3.19. The van der Waals surface area contributed by atoms with Gasteiger partial charge >= 0.3 is 10.2 Å². The third kappa shape index (κ3) is 3.79. The molecule has 0 saturated carbocycles. The van der Waals surface area contributed by atoms with Crippen LogP contribution in [0, 0.1) is 0 Å². The summed E-state index contributed by atoms with van der Waals surface area (Å²) in [4.78, 5) is 12.6. The summed E-state index contributed by atoms with van der Waals surface area (Å²) in [6.07, 6.45) is 1.96. The smallest absolute Gasteiger partial charge is 0.317 e. The fourth-order valence-electron chi connectivity index (χ4n) is 3.40. The highest BCUT2D eigenvalue weighted by Gasteiger charge is 2.23. The Morgan fingerprint density at radius 2 is 1.57 bits per heavy atom. The zero-order valence-electron chi connectivity index (χ0n) is 16.4. The van der Waals surface area contributed by atoms with Crippen LogP contribution in [-0.4, -0.2) is 25.4 Å². The number of nitrogens with one attached hydrogen (secondary N) is 1. The number of nitrogens with zero attached hydrogens (tertiary/aromatic N) is 2. The van der Waals surface area contributed by atoms with Crippen molar-refractivity contribution in [1.29, 1.82) is 0 Å². The standard InChI is InChI=1S/C23H21N3O3S/c1-2-26(21-9-4-3-5-10-21)30(28,29)24-23(27)19-12-14-20(15-13-19)25-17-16-18-8-6-7-11-22(18)25/h3-17H,2H2,1H3,(H,24,27). The molecule has 6 nitrogen and oxygen atoms in total. The molecule has 7 heteroatoms. The van der Waals surface area contributed by atoms with Crippen LogP contribution in [0.5, 0.6) is 0 Å². The number of aromatic nitrogens is 1. The molecular formula is C23H21N3O3S. The lowest BCUT2D eigenvalue weighted by Crippen LogP contribution is -2.43. The highest BCUT2D eigenvalue weighted by Crippen LogP contribution is 2.21. The lowest BCUT2D eigenvalue weighted by molar-refractivity contribution is 0.0981. The van der Waals surface area contributed by atoms with E-state index in [9.17, 15) is 13.2 Å². The van der Waals surface area contributed by atoms with Crippen molar-refractivity contribution >= 4 is 32.7 Å². The molecule has 0 radical (unpaired) electrons. The quantitative estimate of drug-likeness (QED) is 0.511. The van der Waals surface area contributed by atoms with E-state index in [1.165, 1.54) is 0 Å². The zero-order chi connectivity index (χ0) is 21.1. The van der Waals surface area contributed by atoms with Crippen molar-refractivity contribution in [2.45, 2.75) is 6.92 Å². The maximum atomic E-state index is 12.7. The van der Waals surface area contributed by atoms with E-state index >= 15 is 0 Å². The summed E-state index contributed by atoms with van der Waals surface area (Å²) in [5, 5.41) is 1.12. The molecule has 0 bridgehead atoms. The van der Waals surface area contributed by atoms with E-state index in [1.807, 2.05) is 41.1 Å². The molecule has 0 saturated heterocycles. The minimum atomic E-state index is -4.03. The van der Waals surface area contributed by atoms with Crippen LogP contribution in [0.15, 0.2) is 91.1 Å². The molecule has 0 unspecified atom stereocenters. The van der Waals surface area contributed by atoms with Gasteiger partial charge in [-0.1, -0.05) is 36.4 Å². The van der Waals surface area contributed by atoms with Crippen LogP contribution >= 0.6 is 0 Å². The molecular weight excluding hydrogens is 398 g/mol. The van der Waals surface area contributed by atoms with Crippen LogP contribution in [0.3, 0.4) is 0 Å². The average molecular weight is 420 g/mol.